The summed E-state index contributed by atoms with van der Waals surface area (Å²) in [6.45, 7) is 7.61. The molecule has 0 aliphatic carbocycles. The first-order valence-corrected chi connectivity index (χ1v) is 8.55. The maximum Gasteiger partial charge on any atom is 0.241 e. The number of hydrogen-bond acceptors (Lipinski definition) is 6. The molecule has 0 bridgehead atoms. The van der Waals surface area contributed by atoms with Crippen LogP contribution in [0.3, 0.4) is 0 Å². The van der Waals surface area contributed by atoms with Crippen LogP contribution in [0.1, 0.15) is 19.7 Å². The van der Waals surface area contributed by atoms with Gasteiger partial charge in [0.05, 0.1) is 13.7 Å². The molecule has 3 rings (SSSR count). The van der Waals surface area contributed by atoms with E-state index in [1.165, 1.54) is 0 Å². The minimum absolute atomic E-state index is 0.0505. The van der Waals surface area contributed by atoms with Gasteiger partial charge in [-0.15, -0.1) is 0 Å². The Morgan fingerprint density at radius 1 is 1.20 bits per heavy atom. The predicted molar refractivity (Wildman–Crippen MR) is 93.0 cm³/mol. The quantitative estimate of drug-likeness (QED) is 0.827. The first-order valence-electron chi connectivity index (χ1n) is 8.55. The molecule has 1 fully saturated rings. The molecule has 0 saturated carbocycles. The van der Waals surface area contributed by atoms with Gasteiger partial charge in [-0.05, 0) is 24.3 Å². The van der Waals surface area contributed by atoms with Crippen molar-refractivity contribution in [3.63, 3.8) is 0 Å². The fourth-order valence-electron chi connectivity index (χ4n) is 2.86. The van der Waals surface area contributed by atoms with Crippen LogP contribution in [0.15, 0.2) is 28.8 Å². The number of amides is 1. The molecular formula is C18H24N4O3. The minimum Gasteiger partial charge on any atom is -0.497 e. The summed E-state index contributed by atoms with van der Waals surface area (Å²) < 4.78 is 10.5. The molecule has 1 aromatic heterocycles. The van der Waals surface area contributed by atoms with Crippen LogP contribution in [-0.2, 0) is 11.3 Å². The van der Waals surface area contributed by atoms with Gasteiger partial charge in [-0.25, -0.2) is 0 Å². The highest BCUT2D eigenvalue weighted by Gasteiger charge is 2.24. The first-order chi connectivity index (χ1) is 12.1. The second-order valence-corrected chi connectivity index (χ2v) is 6.50. The molecule has 1 aliphatic rings. The summed E-state index contributed by atoms with van der Waals surface area (Å²) in [5.41, 5.74) is 0.892. The van der Waals surface area contributed by atoms with Crippen molar-refractivity contribution in [1.82, 2.24) is 19.9 Å². The number of ether oxygens (including phenoxy) is 1. The molecule has 0 unspecified atom stereocenters. The third-order valence-corrected chi connectivity index (χ3v) is 4.35. The Labute approximate surface area is 147 Å². The summed E-state index contributed by atoms with van der Waals surface area (Å²) in [4.78, 5) is 20.7. The Morgan fingerprint density at radius 2 is 1.88 bits per heavy atom. The number of piperazine rings is 1. The second kappa shape index (κ2) is 7.65. The van der Waals surface area contributed by atoms with Crippen molar-refractivity contribution in [2.45, 2.75) is 20.4 Å². The van der Waals surface area contributed by atoms with Crippen molar-refractivity contribution in [2.24, 2.45) is 5.92 Å². The Morgan fingerprint density at radius 3 is 2.48 bits per heavy atom. The number of carbonyl (C=O) groups excluding carboxylic acids is 1. The summed E-state index contributed by atoms with van der Waals surface area (Å²) in [6, 6.07) is 7.56. The van der Waals surface area contributed by atoms with Crippen LogP contribution in [0.25, 0.3) is 11.4 Å². The van der Waals surface area contributed by atoms with E-state index in [1.54, 1.807) is 7.11 Å². The van der Waals surface area contributed by atoms with E-state index in [-0.39, 0.29) is 11.8 Å². The van der Waals surface area contributed by atoms with E-state index in [0.717, 1.165) is 37.5 Å². The number of rotatable bonds is 5. The zero-order valence-electron chi connectivity index (χ0n) is 14.9. The Balaban J connectivity index is 1.56. The third kappa shape index (κ3) is 4.17. The second-order valence-electron chi connectivity index (χ2n) is 6.50. The Bertz CT molecular complexity index is 703. The number of aromatic nitrogens is 2. The van der Waals surface area contributed by atoms with Gasteiger partial charge in [0.25, 0.3) is 0 Å². The maximum atomic E-state index is 12.0. The van der Waals surface area contributed by atoms with E-state index in [0.29, 0.717) is 18.3 Å². The molecular weight excluding hydrogens is 320 g/mol. The molecule has 0 atom stereocenters. The van der Waals surface area contributed by atoms with Crippen LogP contribution in [0.2, 0.25) is 0 Å². The Kier molecular flexibility index (Phi) is 5.33. The molecule has 2 aromatic rings. The van der Waals surface area contributed by atoms with Crippen LogP contribution < -0.4 is 4.74 Å². The topological polar surface area (TPSA) is 71.7 Å². The van der Waals surface area contributed by atoms with E-state index in [9.17, 15) is 4.79 Å². The summed E-state index contributed by atoms with van der Waals surface area (Å²) in [5, 5.41) is 4.06. The standard InChI is InChI=1S/C18H24N4O3/c1-13(2)18(23)22-10-8-21(9-11-22)12-16-19-17(20-25-16)14-4-6-15(24-3)7-5-14/h4-7,13H,8-12H2,1-3H3. The zero-order valence-corrected chi connectivity index (χ0v) is 14.9. The smallest absolute Gasteiger partial charge is 0.241 e. The van der Waals surface area contributed by atoms with Crippen molar-refractivity contribution < 1.29 is 14.1 Å². The van der Waals surface area contributed by atoms with Crippen molar-refractivity contribution >= 4 is 5.91 Å². The van der Waals surface area contributed by atoms with Crippen LogP contribution in [0.4, 0.5) is 0 Å². The zero-order chi connectivity index (χ0) is 17.8. The first kappa shape index (κ1) is 17.4. The van der Waals surface area contributed by atoms with Gasteiger partial charge < -0.3 is 14.2 Å². The van der Waals surface area contributed by atoms with E-state index < -0.39 is 0 Å². The van der Waals surface area contributed by atoms with Gasteiger partial charge in [0, 0.05) is 37.7 Å². The van der Waals surface area contributed by atoms with Gasteiger partial charge in [0.2, 0.25) is 17.6 Å². The number of benzene rings is 1. The lowest BCUT2D eigenvalue weighted by Crippen LogP contribution is -2.49. The molecule has 7 heteroatoms. The van der Waals surface area contributed by atoms with Gasteiger partial charge in [-0.2, -0.15) is 4.98 Å². The van der Waals surface area contributed by atoms with Crippen LogP contribution in [-0.4, -0.2) is 59.1 Å². The lowest BCUT2D eigenvalue weighted by Gasteiger charge is -2.34. The number of hydrogen-bond donors (Lipinski definition) is 0. The summed E-state index contributed by atoms with van der Waals surface area (Å²) >= 11 is 0. The van der Waals surface area contributed by atoms with Gasteiger partial charge >= 0.3 is 0 Å². The Hall–Kier alpha value is -2.41. The average molecular weight is 344 g/mol. The van der Waals surface area contributed by atoms with Gasteiger partial charge in [-0.3, -0.25) is 9.69 Å². The lowest BCUT2D eigenvalue weighted by molar-refractivity contribution is -0.136. The fourth-order valence-corrected chi connectivity index (χ4v) is 2.86. The third-order valence-electron chi connectivity index (χ3n) is 4.35. The average Bonchev–Trinajstić information content (AvgIpc) is 3.10. The van der Waals surface area contributed by atoms with Crippen molar-refractivity contribution in [2.75, 3.05) is 33.3 Å². The van der Waals surface area contributed by atoms with E-state index in [1.807, 2.05) is 43.0 Å². The molecule has 1 saturated heterocycles. The van der Waals surface area contributed by atoms with Crippen LogP contribution in [0.5, 0.6) is 5.75 Å². The summed E-state index contributed by atoms with van der Waals surface area (Å²) in [5.74, 6) is 2.23. The van der Waals surface area contributed by atoms with Gasteiger partial charge in [-0.1, -0.05) is 19.0 Å². The van der Waals surface area contributed by atoms with Crippen LogP contribution in [0, 0.1) is 5.92 Å². The van der Waals surface area contributed by atoms with Gasteiger partial charge in [0.15, 0.2) is 0 Å². The molecule has 25 heavy (non-hydrogen) atoms. The largest absolute Gasteiger partial charge is 0.497 e. The SMILES string of the molecule is COc1ccc(-c2noc(CN3CCN(C(=O)C(C)C)CC3)n2)cc1. The lowest BCUT2D eigenvalue weighted by atomic mass is 10.1. The minimum atomic E-state index is 0.0505. The van der Waals surface area contributed by atoms with E-state index >= 15 is 0 Å². The van der Waals surface area contributed by atoms with Crippen molar-refractivity contribution in [1.29, 1.82) is 0 Å². The normalized spacial score (nSPS) is 15.6. The van der Waals surface area contributed by atoms with E-state index in [4.69, 9.17) is 9.26 Å². The van der Waals surface area contributed by atoms with Crippen molar-refractivity contribution in [3.8, 4) is 17.1 Å². The maximum absolute atomic E-state index is 12.0. The highest BCUT2D eigenvalue weighted by atomic mass is 16.5. The van der Waals surface area contributed by atoms with Gasteiger partial charge in [0.1, 0.15) is 5.75 Å². The molecule has 0 N–H and O–H groups in total. The molecule has 0 spiro atoms. The molecule has 134 valence electrons. The number of methoxy groups -OCH3 is 1. The fraction of sp³-hybridized carbons (Fsp3) is 0.500. The number of nitrogens with zero attached hydrogens (tertiary/aromatic N) is 4. The molecule has 2 heterocycles. The number of carbonyl (C=O) groups is 1. The van der Waals surface area contributed by atoms with Crippen LogP contribution >= 0.6 is 0 Å². The van der Waals surface area contributed by atoms with E-state index in [2.05, 4.69) is 15.0 Å². The highest BCUT2D eigenvalue weighted by molar-refractivity contribution is 5.78. The molecule has 7 nitrogen and oxygen atoms in total. The van der Waals surface area contributed by atoms with Crippen molar-refractivity contribution in [3.05, 3.63) is 30.2 Å². The molecule has 0 radical (unpaired) electrons. The molecule has 1 aromatic carbocycles. The molecule has 1 aliphatic heterocycles. The summed E-state index contributed by atoms with van der Waals surface area (Å²) in [7, 11) is 1.63. The predicted octanol–water partition coefficient (Wildman–Crippen LogP) is 2.05. The highest BCUT2D eigenvalue weighted by Crippen LogP contribution is 2.20. The summed E-state index contributed by atoms with van der Waals surface area (Å²) in [6.07, 6.45) is 0. The molecule has 1 amide bonds. The monoisotopic (exact) mass is 344 g/mol.